The van der Waals surface area contributed by atoms with Crippen LogP contribution in [0, 0.1) is 0 Å². The van der Waals surface area contributed by atoms with Gasteiger partial charge in [-0.2, -0.15) is 0 Å². The number of hydrogen-bond donors (Lipinski definition) is 1. The highest BCUT2D eigenvalue weighted by atomic mass is 16.3. The van der Waals surface area contributed by atoms with Crippen molar-refractivity contribution in [1.82, 2.24) is 0 Å². The standard InChI is InChI=1S/C30H31NO2/c1-29(2,3)20-11-13-25-24(17-20)30(4,5)26(31(25)6)14-12-21-27(32)22-15-18-9-7-8-10-19(18)16-23(22)28(21)33/h7-17,27,32H,1-6H3/b21-12+,26-14+. The molecule has 1 N–H and O–H groups in total. The van der Waals surface area contributed by atoms with Crippen LogP contribution in [0.4, 0.5) is 5.69 Å². The molecule has 1 aliphatic heterocycles. The van der Waals surface area contributed by atoms with E-state index < -0.39 is 6.10 Å². The van der Waals surface area contributed by atoms with E-state index in [9.17, 15) is 9.90 Å². The first kappa shape index (κ1) is 21.7. The monoisotopic (exact) mass is 437 g/mol. The molecule has 0 fully saturated rings. The van der Waals surface area contributed by atoms with Crippen LogP contribution in [0.15, 0.2) is 78.0 Å². The summed E-state index contributed by atoms with van der Waals surface area (Å²) in [4.78, 5) is 15.4. The van der Waals surface area contributed by atoms with Crippen LogP contribution in [-0.4, -0.2) is 17.9 Å². The smallest absolute Gasteiger partial charge is 0.192 e. The number of benzene rings is 3. The van der Waals surface area contributed by atoms with Crippen molar-refractivity contribution in [3.8, 4) is 0 Å². The van der Waals surface area contributed by atoms with E-state index in [1.807, 2.05) is 48.6 Å². The van der Waals surface area contributed by atoms with Crippen LogP contribution >= 0.6 is 0 Å². The maximum atomic E-state index is 13.2. The molecule has 0 radical (unpaired) electrons. The second-order valence-electron chi connectivity index (χ2n) is 10.9. The van der Waals surface area contributed by atoms with Crippen molar-refractivity contribution in [2.75, 3.05) is 11.9 Å². The molecule has 3 aromatic rings. The van der Waals surface area contributed by atoms with Crippen LogP contribution in [0.5, 0.6) is 0 Å². The molecule has 0 saturated carbocycles. The van der Waals surface area contributed by atoms with Crippen LogP contribution < -0.4 is 4.90 Å². The molecular formula is C30H31NO2. The Morgan fingerprint density at radius 2 is 1.64 bits per heavy atom. The molecule has 0 amide bonds. The number of fused-ring (bicyclic) bond motifs is 3. The summed E-state index contributed by atoms with van der Waals surface area (Å²) in [6, 6.07) is 18.5. The third kappa shape index (κ3) is 3.26. The van der Waals surface area contributed by atoms with E-state index in [4.69, 9.17) is 0 Å². The first-order valence-electron chi connectivity index (χ1n) is 11.6. The first-order chi connectivity index (χ1) is 15.5. The molecule has 0 bridgehead atoms. The average Bonchev–Trinajstić information content (AvgIpc) is 3.11. The first-order valence-corrected chi connectivity index (χ1v) is 11.6. The van der Waals surface area contributed by atoms with E-state index in [1.54, 1.807) is 0 Å². The minimum absolute atomic E-state index is 0.0772. The summed E-state index contributed by atoms with van der Waals surface area (Å²) < 4.78 is 0. The highest BCUT2D eigenvalue weighted by molar-refractivity contribution is 6.16. The lowest BCUT2D eigenvalue weighted by atomic mass is 9.79. The summed E-state index contributed by atoms with van der Waals surface area (Å²) in [5.74, 6) is -0.0916. The van der Waals surface area contributed by atoms with E-state index in [1.165, 1.54) is 16.8 Å². The summed E-state index contributed by atoms with van der Waals surface area (Å²) >= 11 is 0. The van der Waals surface area contributed by atoms with Gasteiger partial charge < -0.3 is 10.0 Å². The topological polar surface area (TPSA) is 40.5 Å². The van der Waals surface area contributed by atoms with Gasteiger partial charge in [0.2, 0.25) is 0 Å². The Morgan fingerprint density at radius 1 is 0.970 bits per heavy atom. The SMILES string of the molecule is CN1/C(=C/C=C2/C(=O)c3cc4ccccc4cc3C2O)C(C)(C)c2cc(C(C)(C)C)ccc21. The van der Waals surface area contributed by atoms with Gasteiger partial charge in [-0.1, -0.05) is 77.1 Å². The van der Waals surface area contributed by atoms with Crippen molar-refractivity contribution in [2.24, 2.45) is 0 Å². The maximum absolute atomic E-state index is 13.2. The number of ketones is 1. The maximum Gasteiger partial charge on any atom is 0.192 e. The molecule has 3 heteroatoms. The van der Waals surface area contributed by atoms with Crippen molar-refractivity contribution < 1.29 is 9.90 Å². The summed E-state index contributed by atoms with van der Waals surface area (Å²) in [5, 5.41) is 13.1. The fourth-order valence-corrected chi connectivity index (χ4v) is 5.27. The van der Waals surface area contributed by atoms with Crippen LogP contribution in [0.1, 0.15) is 67.8 Å². The Labute approximate surface area is 196 Å². The molecule has 3 nitrogen and oxygen atoms in total. The molecule has 3 aromatic carbocycles. The Bertz CT molecular complexity index is 1370. The zero-order valence-corrected chi connectivity index (χ0v) is 20.2. The van der Waals surface area contributed by atoms with Gasteiger partial charge in [-0.15, -0.1) is 0 Å². The molecule has 1 atom stereocenters. The number of carbonyl (C=O) groups is 1. The predicted octanol–water partition coefficient (Wildman–Crippen LogP) is 6.60. The van der Waals surface area contributed by atoms with Gasteiger partial charge in [-0.05, 0) is 57.2 Å². The molecule has 1 heterocycles. The van der Waals surface area contributed by atoms with E-state index in [2.05, 4.69) is 64.8 Å². The lowest BCUT2D eigenvalue weighted by Gasteiger charge is -2.25. The number of anilines is 1. The van der Waals surface area contributed by atoms with E-state index in [0.717, 1.165) is 16.5 Å². The highest BCUT2D eigenvalue weighted by Gasteiger charge is 2.39. The minimum atomic E-state index is -0.904. The van der Waals surface area contributed by atoms with Crippen molar-refractivity contribution >= 4 is 22.2 Å². The number of hydrogen-bond acceptors (Lipinski definition) is 3. The molecule has 33 heavy (non-hydrogen) atoms. The summed E-state index contributed by atoms with van der Waals surface area (Å²) in [6.07, 6.45) is 2.93. The lowest BCUT2D eigenvalue weighted by Crippen LogP contribution is -2.23. The molecule has 0 spiro atoms. The van der Waals surface area contributed by atoms with Gasteiger partial charge in [-0.25, -0.2) is 0 Å². The molecule has 1 unspecified atom stereocenters. The van der Waals surface area contributed by atoms with Gasteiger partial charge in [0.25, 0.3) is 0 Å². The number of carbonyl (C=O) groups excluding carboxylic acids is 1. The van der Waals surface area contributed by atoms with Crippen LogP contribution in [0.3, 0.4) is 0 Å². The third-order valence-corrected chi connectivity index (χ3v) is 7.33. The van der Waals surface area contributed by atoms with Gasteiger partial charge in [0.15, 0.2) is 5.78 Å². The molecule has 0 saturated heterocycles. The third-order valence-electron chi connectivity index (χ3n) is 7.33. The van der Waals surface area contributed by atoms with E-state index in [0.29, 0.717) is 16.7 Å². The van der Waals surface area contributed by atoms with Crippen molar-refractivity contribution in [3.63, 3.8) is 0 Å². The molecule has 2 aliphatic rings. The quantitative estimate of drug-likeness (QED) is 0.436. The average molecular weight is 438 g/mol. The summed E-state index contributed by atoms with van der Waals surface area (Å²) in [7, 11) is 2.07. The van der Waals surface area contributed by atoms with Crippen molar-refractivity contribution in [3.05, 3.63) is 100 Å². The number of aliphatic hydroxyl groups is 1. The molecule has 5 rings (SSSR count). The molecule has 0 aromatic heterocycles. The summed E-state index contributed by atoms with van der Waals surface area (Å²) in [5.41, 5.74) is 6.49. The summed E-state index contributed by atoms with van der Waals surface area (Å²) in [6.45, 7) is 11.1. The number of nitrogens with zero attached hydrogens (tertiary/aromatic N) is 1. The van der Waals surface area contributed by atoms with Crippen molar-refractivity contribution in [1.29, 1.82) is 0 Å². The Morgan fingerprint density at radius 3 is 2.30 bits per heavy atom. The predicted molar refractivity (Wildman–Crippen MR) is 136 cm³/mol. The fourth-order valence-electron chi connectivity index (χ4n) is 5.27. The number of rotatable bonds is 1. The Hall–Kier alpha value is -3.17. The molecular weight excluding hydrogens is 406 g/mol. The number of aliphatic hydroxyl groups excluding tert-OH is 1. The zero-order chi connectivity index (χ0) is 23.7. The fraction of sp³-hybridized carbons (Fsp3) is 0.300. The second-order valence-corrected chi connectivity index (χ2v) is 10.9. The highest BCUT2D eigenvalue weighted by Crippen LogP contribution is 2.48. The van der Waals surface area contributed by atoms with Gasteiger partial charge in [0.1, 0.15) is 6.10 Å². The lowest BCUT2D eigenvalue weighted by molar-refractivity contribution is 0.101. The van der Waals surface area contributed by atoms with Gasteiger partial charge in [-0.3, -0.25) is 4.79 Å². The van der Waals surface area contributed by atoms with Crippen molar-refractivity contribution in [2.45, 2.75) is 51.6 Å². The normalized spacial score (nSPS) is 21.8. The van der Waals surface area contributed by atoms with E-state index in [-0.39, 0.29) is 16.6 Å². The van der Waals surface area contributed by atoms with E-state index >= 15 is 0 Å². The Kier molecular flexibility index (Phi) is 4.70. The van der Waals surface area contributed by atoms with Gasteiger partial charge in [0, 0.05) is 35.0 Å². The van der Waals surface area contributed by atoms with Crippen LogP contribution in [0.25, 0.3) is 10.8 Å². The number of allylic oxidation sites excluding steroid dienone is 3. The second kappa shape index (κ2) is 7.16. The number of Topliss-reactive ketones (excluding diaryl/α,β-unsaturated/α-hetero) is 1. The van der Waals surface area contributed by atoms with Crippen LogP contribution in [-0.2, 0) is 10.8 Å². The molecule has 1 aliphatic carbocycles. The van der Waals surface area contributed by atoms with Gasteiger partial charge in [0.05, 0.1) is 0 Å². The zero-order valence-electron chi connectivity index (χ0n) is 20.2. The Balaban J connectivity index is 1.56. The van der Waals surface area contributed by atoms with Gasteiger partial charge >= 0.3 is 0 Å². The minimum Gasteiger partial charge on any atom is -0.383 e. The number of likely N-dealkylation sites (N-methyl/N-ethyl adjacent to an activating group) is 1. The largest absolute Gasteiger partial charge is 0.383 e. The molecule has 168 valence electrons. The van der Waals surface area contributed by atoms with Crippen LogP contribution in [0.2, 0.25) is 0 Å².